The zero-order chi connectivity index (χ0) is 19.9. The number of hydrogen-bond acceptors (Lipinski definition) is 6. The van der Waals surface area contributed by atoms with Gasteiger partial charge < -0.3 is 20.5 Å². The van der Waals surface area contributed by atoms with Gasteiger partial charge in [0, 0.05) is 6.20 Å². The number of ketones is 1. The first-order chi connectivity index (χ1) is 11.8. The summed E-state index contributed by atoms with van der Waals surface area (Å²) in [6.45, 7) is 0. The molecule has 0 saturated carbocycles. The van der Waals surface area contributed by atoms with Gasteiger partial charge in [0.15, 0.2) is 0 Å². The number of benzene rings is 1. The van der Waals surface area contributed by atoms with Crippen molar-refractivity contribution in [1.29, 1.82) is 0 Å². The lowest BCUT2D eigenvalue weighted by Gasteiger charge is -2.32. The maximum atomic E-state index is 13.3. The molecule has 0 radical (unpaired) electrons. The van der Waals surface area contributed by atoms with Gasteiger partial charge in [0.25, 0.3) is 11.5 Å². The Kier molecular flexibility index (Phi) is 4.66. The predicted molar refractivity (Wildman–Crippen MR) is 75.2 cm³/mol. The van der Waals surface area contributed by atoms with Crippen molar-refractivity contribution in [2.24, 2.45) is 0 Å². The lowest BCUT2D eigenvalue weighted by Crippen LogP contribution is -2.56. The van der Waals surface area contributed by atoms with E-state index in [1.54, 1.807) is 0 Å². The van der Waals surface area contributed by atoms with Crippen LogP contribution in [0.15, 0.2) is 30.0 Å². The molecular weight excluding hydrogens is 374 g/mol. The molecule has 1 aromatic carbocycles. The first kappa shape index (κ1) is 19.6. The van der Waals surface area contributed by atoms with Gasteiger partial charge in [-0.05, 0) is 18.2 Å². The summed E-state index contributed by atoms with van der Waals surface area (Å²) in [5, 5.41) is 13.4. The van der Waals surface area contributed by atoms with Crippen LogP contribution in [0.2, 0.25) is 0 Å². The Morgan fingerprint density at radius 3 is 2.23 bits per heavy atom. The highest BCUT2D eigenvalue weighted by molar-refractivity contribution is 6.03. The van der Waals surface area contributed by atoms with E-state index in [1.807, 2.05) is 0 Å². The second-order valence-electron chi connectivity index (χ2n) is 5.11. The van der Waals surface area contributed by atoms with Crippen LogP contribution < -0.4 is 10.6 Å². The molecule has 0 spiro atoms. The minimum absolute atomic E-state index is 0.0865. The fourth-order valence-corrected chi connectivity index (χ4v) is 2.14. The maximum absolute atomic E-state index is 13.3. The Hall–Kier alpha value is -2.76. The summed E-state index contributed by atoms with van der Waals surface area (Å²) in [5.74, 6) is -3.75. The molecule has 0 aromatic heterocycles. The van der Waals surface area contributed by atoms with Crippen LogP contribution in [0.5, 0.6) is 0 Å². The molecule has 0 aliphatic carbocycles. The number of Topliss-reactive ketones (excluding diaryl/α,β-unsaturated/α-hetero) is 1. The standard InChI is InChI=1S/C14H10F6N2O4/c1-26-11(24)6-2-3-8-9(4-6)21-5-7(10(23)13(15,16)17)12(25,22-8)14(18,19)20/h2-5,21-22,25H,1H3. The van der Waals surface area contributed by atoms with Gasteiger partial charge in [-0.25, -0.2) is 4.79 Å². The van der Waals surface area contributed by atoms with E-state index in [-0.39, 0.29) is 17.5 Å². The number of alkyl halides is 6. The van der Waals surface area contributed by atoms with Crippen LogP contribution in [0.25, 0.3) is 0 Å². The van der Waals surface area contributed by atoms with Crippen LogP contribution in [0.1, 0.15) is 10.4 Å². The number of methoxy groups -OCH3 is 1. The van der Waals surface area contributed by atoms with Gasteiger partial charge in [-0.2, -0.15) is 26.3 Å². The summed E-state index contributed by atoms with van der Waals surface area (Å²) in [7, 11) is 1.04. The van der Waals surface area contributed by atoms with Gasteiger partial charge >= 0.3 is 18.3 Å². The van der Waals surface area contributed by atoms with Crippen molar-refractivity contribution in [1.82, 2.24) is 0 Å². The molecule has 1 heterocycles. The molecule has 6 nitrogen and oxygen atoms in total. The number of hydrogen-bond donors (Lipinski definition) is 3. The van der Waals surface area contributed by atoms with Crippen molar-refractivity contribution in [3.8, 4) is 0 Å². The Morgan fingerprint density at radius 1 is 1.12 bits per heavy atom. The molecule has 1 atom stereocenters. The number of nitrogens with one attached hydrogen (secondary N) is 2. The van der Waals surface area contributed by atoms with E-state index < -0.39 is 41.1 Å². The molecular formula is C14H10F6N2O4. The van der Waals surface area contributed by atoms with Crippen LogP contribution in [-0.2, 0) is 9.53 Å². The van der Waals surface area contributed by atoms with Crippen LogP contribution in [-0.4, -0.2) is 42.0 Å². The van der Waals surface area contributed by atoms with E-state index >= 15 is 0 Å². The third kappa shape index (κ3) is 3.31. The van der Waals surface area contributed by atoms with E-state index in [9.17, 15) is 41.0 Å². The lowest BCUT2D eigenvalue weighted by atomic mass is 9.98. The van der Waals surface area contributed by atoms with Gasteiger partial charge in [-0.1, -0.05) is 0 Å². The van der Waals surface area contributed by atoms with Crippen molar-refractivity contribution < 1.29 is 45.8 Å². The van der Waals surface area contributed by atoms with Crippen molar-refractivity contribution in [2.45, 2.75) is 18.1 Å². The predicted octanol–water partition coefficient (Wildman–Crippen LogP) is 2.58. The number of fused-ring (bicyclic) bond motifs is 1. The average molecular weight is 384 g/mol. The Labute approximate surface area is 141 Å². The highest BCUT2D eigenvalue weighted by Gasteiger charge is 2.62. The first-order valence-electron chi connectivity index (χ1n) is 6.69. The topological polar surface area (TPSA) is 87.7 Å². The monoisotopic (exact) mass is 384 g/mol. The van der Waals surface area contributed by atoms with Crippen molar-refractivity contribution in [3.63, 3.8) is 0 Å². The van der Waals surface area contributed by atoms with E-state index in [4.69, 9.17) is 0 Å². The number of carbonyl (C=O) groups excluding carboxylic acids is 2. The Morgan fingerprint density at radius 2 is 1.73 bits per heavy atom. The fourth-order valence-electron chi connectivity index (χ4n) is 2.14. The number of esters is 1. The minimum Gasteiger partial charge on any atom is -0.465 e. The van der Waals surface area contributed by atoms with E-state index in [0.717, 1.165) is 25.3 Å². The molecule has 3 N–H and O–H groups in total. The average Bonchev–Trinajstić information content (AvgIpc) is 2.68. The Bertz CT molecular complexity index is 787. The number of rotatable bonds is 2. The zero-order valence-corrected chi connectivity index (χ0v) is 12.7. The number of carbonyl (C=O) groups is 2. The van der Waals surface area contributed by atoms with Crippen molar-refractivity contribution >= 4 is 23.1 Å². The van der Waals surface area contributed by atoms with Gasteiger partial charge in [0.05, 0.1) is 29.6 Å². The van der Waals surface area contributed by atoms with E-state index in [0.29, 0.717) is 0 Å². The van der Waals surface area contributed by atoms with Crippen molar-refractivity contribution in [2.75, 3.05) is 17.7 Å². The molecule has 12 heteroatoms. The van der Waals surface area contributed by atoms with Gasteiger partial charge in [-0.3, -0.25) is 4.79 Å². The summed E-state index contributed by atoms with van der Waals surface area (Å²) in [6.07, 6.45) is -11.3. The summed E-state index contributed by atoms with van der Waals surface area (Å²) in [5.41, 5.74) is -7.24. The highest BCUT2D eigenvalue weighted by atomic mass is 19.4. The minimum atomic E-state index is -5.68. The maximum Gasteiger partial charge on any atom is 0.454 e. The molecule has 0 fully saturated rings. The SMILES string of the molecule is COC(=O)c1ccc2c(c1)NC=C(C(=O)C(F)(F)F)C(O)(C(F)(F)F)N2. The third-order valence-electron chi connectivity index (χ3n) is 3.43. The summed E-state index contributed by atoms with van der Waals surface area (Å²) < 4.78 is 82.3. The van der Waals surface area contributed by atoms with Crippen LogP contribution >= 0.6 is 0 Å². The molecule has 142 valence electrons. The lowest BCUT2D eigenvalue weighted by molar-refractivity contribution is -0.235. The molecule has 0 bridgehead atoms. The normalized spacial score (nSPS) is 20.1. The summed E-state index contributed by atoms with van der Waals surface area (Å²) in [4.78, 5) is 22.9. The second kappa shape index (κ2) is 6.20. The zero-order valence-electron chi connectivity index (χ0n) is 12.7. The number of aliphatic hydroxyl groups is 1. The smallest absolute Gasteiger partial charge is 0.454 e. The van der Waals surface area contributed by atoms with Crippen LogP contribution in [0.4, 0.5) is 37.7 Å². The van der Waals surface area contributed by atoms with E-state index in [1.165, 1.54) is 5.32 Å². The Balaban J connectivity index is 2.61. The molecule has 2 rings (SSSR count). The van der Waals surface area contributed by atoms with Gasteiger partial charge in [0.2, 0.25) is 0 Å². The highest BCUT2D eigenvalue weighted by Crippen LogP contribution is 2.43. The van der Waals surface area contributed by atoms with E-state index in [2.05, 4.69) is 10.1 Å². The van der Waals surface area contributed by atoms with Crippen molar-refractivity contribution in [3.05, 3.63) is 35.5 Å². The third-order valence-corrected chi connectivity index (χ3v) is 3.43. The summed E-state index contributed by atoms with van der Waals surface area (Å²) in [6, 6.07) is 2.90. The van der Waals surface area contributed by atoms with Crippen LogP contribution in [0, 0.1) is 0 Å². The molecule has 1 aliphatic heterocycles. The van der Waals surface area contributed by atoms with Gasteiger partial charge in [-0.15, -0.1) is 0 Å². The largest absolute Gasteiger partial charge is 0.465 e. The molecule has 1 aromatic rings. The second-order valence-corrected chi connectivity index (χ2v) is 5.11. The summed E-state index contributed by atoms with van der Waals surface area (Å²) >= 11 is 0. The fraction of sp³-hybridized carbons (Fsp3) is 0.286. The number of ether oxygens (including phenoxy) is 1. The number of halogens is 6. The number of anilines is 2. The molecule has 1 unspecified atom stereocenters. The molecule has 0 saturated heterocycles. The molecule has 26 heavy (non-hydrogen) atoms. The molecule has 0 amide bonds. The molecule has 1 aliphatic rings. The van der Waals surface area contributed by atoms with Crippen LogP contribution in [0.3, 0.4) is 0 Å². The first-order valence-corrected chi connectivity index (χ1v) is 6.69. The quantitative estimate of drug-likeness (QED) is 0.537. The van der Waals surface area contributed by atoms with Gasteiger partial charge in [0.1, 0.15) is 0 Å².